The van der Waals surface area contributed by atoms with Crippen LogP contribution in [-0.2, 0) is 4.74 Å². The maximum absolute atomic E-state index is 12.6. The van der Waals surface area contributed by atoms with Crippen molar-refractivity contribution in [2.75, 3.05) is 36.5 Å². The zero-order valence-corrected chi connectivity index (χ0v) is 15.8. The van der Waals surface area contributed by atoms with Crippen LogP contribution in [0.15, 0.2) is 48.7 Å². The van der Waals surface area contributed by atoms with Crippen LogP contribution in [0.1, 0.15) is 10.5 Å². The van der Waals surface area contributed by atoms with Crippen molar-refractivity contribution in [3.05, 3.63) is 54.4 Å². The second kappa shape index (κ2) is 7.14. The van der Waals surface area contributed by atoms with E-state index < -0.39 is 0 Å². The van der Waals surface area contributed by atoms with Crippen LogP contribution in [0.5, 0.6) is 0 Å². The number of rotatable bonds is 3. The van der Waals surface area contributed by atoms with E-state index in [1.54, 1.807) is 11.3 Å². The fourth-order valence-corrected chi connectivity index (χ4v) is 4.20. The number of carbonyl (C=O) groups excluding carboxylic acids is 1. The fraction of sp³-hybridized carbons (Fsp3) is 0.200. The maximum atomic E-state index is 12.6. The summed E-state index contributed by atoms with van der Waals surface area (Å²) in [6.45, 7) is 3.15. The van der Waals surface area contributed by atoms with Gasteiger partial charge in [0.25, 0.3) is 5.91 Å². The van der Waals surface area contributed by atoms with Crippen molar-refractivity contribution in [1.82, 2.24) is 15.0 Å². The third-order valence-corrected chi connectivity index (χ3v) is 5.68. The van der Waals surface area contributed by atoms with Gasteiger partial charge in [0.05, 0.1) is 40.7 Å². The number of thiazole rings is 1. The number of ether oxygens (including phenoxy) is 1. The lowest BCUT2D eigenvalue weighted by Crippen LogP contribution is -2.36. The van der Waals surface area contributed by atoms with Crippen molar-refractivity contribution in [1.29, 1.82) is 0 Å². The van der Waals surface area contributed by atoms with E-state index in [-0.39, 0.29) is 11.6 Å². The van der Waals surface area contributed by atoms with Gasteiger partial charge in [0.2, 0.25) is 0 Å². The Morgan fingerprint density at radius 1 is 1.04 bits per heavy atom. The Labute approximate surface area is 165 Å². The van der Waals surface area contributed by atoms with E-state index in [9.17, 15) is 4.79 Å². The van der Waals surface area contributed by atoms with Crippen LogP contribution in [-0.4, -0.2) is 47.2 Å². The lowest BCUT2D eigenvalue weighted by atomic mass is 10.2. The molecule has 1 saturated heterocycles. The highest BCUT2D eigenvalue weighted by molar-refractivity contribution is 7.22. The Morgan fingerprint density at radius 2 is 1.86 bits per heavy atom. The molecule has 2 aromatic carbocycles. The van der Waals surface area contributed by atoms with Gasteiger partial charge < -0.3 is 15.0 Å². The molecule has 2 aromatic heterocycles. The van der Waals surface area contributed by atoms with Gasteiger partial charge in [-0.3, -0.25) is 9.78 Å². The third kappa shape index (κ3) is 3.28. The molecular formula is C20H17N5O2S. The lowest BCUT2D eigenvalue weighted by molar-refractivity contribution is 0.102. The van der Waals surface area contributed by atoms with E-state index in [1.807, 2.05) is 42.5 Å². The summed E-state index contributed by atoms with van der Waals surface area (Å²) < 4.78 is 6.43. The highest BCUT2D eigenvalue weighted by Crippen LogP contribution is 2.31. The van der Waals surface area contributed by atoms with Crippen LogP contribution in [0.2, 0.25) is 0 Å². The van der Waals surface area contributed by atoms with Crippen molar-refractivity contribution in [3.8, 4) is 0 Å². The molecule has 0 saturated carbocycles. The number of nitrogens with one attached hydrogen (secondary N) is 1. The molecule has 4 aromatic rings. The molecule has 5 rings (SSSR count). The number of fused-ring (bicyclic) bond motifs is 2. The van der Waals surface area contributed by atoms with Crippen LogP contribution in [0, 0.1) is 0 Å². The number of para-hydroxylation sites is 2. The van der Waals surface area contributed by atoms with Gasteiger partial charge in [0.1, 0.15) is 5.69 Å². The molecule has 0 unspecified atom stereocenters. The largest absolute Gasteiger partial charge is 0.378 e. The monoisotopic (exact) mass is 391 g/mol. The van der Waals surface area contributed by atoms with Gasteiger partial charge in [-0.15, -0.1) is 0 Å². The Balaban J connectivity index is 1.38. The number of amides is 1. The summed E-state index contributed by atoms with van der Waals surface area (Å²) in [5.41, 5.74) is 3.39. The number of hydrogen-bond acceptors (Lipinski definition) is 7. The number of aromatic nitrogens is 3. The summed E-state index contributed by atoms with van der Waals surface area (Å²) in [4.78, 5) is 28.2. The predicted molar refractivity (Wildman–Crippen MR) is 110 cm³/mol. The first-order valence-corrected chi connectivity index (χ1v) is 9.84. The predicted octanol–water partition coefficient (Wildman–Crippen LogP) is 3.33. The molecule has 3 heterocycles. The summed E-state index contributed by atoms with van der Waals surface area (Å²) >= 11 is 1.62. The van der Waals surface area contributed by atoms with Gasteiger partial charge in [-0.2, -0.15) is 0 Å². The average molecular weight is 391 g/mol. The van der Waals surface area contributed by atoms with Crippen molar-refractivity contribution in [2.45, 2.75) is 0 Å². The highest BCUT2D eigenvalue weighted by atomic mass is 32.1. The van der Waals surface area contributed by atoms with Gasteiger partial charge in [-0.05, 0) is 30.3 Å². The topological polar surface area (TPSA) is 80.2 Å². The van der Waals surface area contributed by atoms with Gasteiger partial charge >= 0.3 is 0 Å². The standard InChI is InChI=1S/C20H17N5O2S/c26-19(17-12-21-14-3-1-2-4-15(14)23-17)22-13-5-6-16-18(11-13)28-20(24-16)25-7-9-27-10-8-25/h1-6,11-12H,7-10H2,(H,22,26). The number of anilines is 2. The summed E-state index contributed by atoms with van der Waals surface area (Å²) in [5.74, 6) is -0.282. The van der Waals surface area contributed by atoms with E-state index in [0.717, 1.165) is 47.2 Å². The number of benzene rings is 2. The summed E-state index contributed by atoms with van der Waals surface area (Å²) in [6.07, 6.45) is 1.50. The second-order valence-electron chi connectivity index (χ2n) is 6.48. The van der Waals surface area contributed by atoms with Gasteiger partial charge in [-0.25, -0.2) is 9.97 Å². The first-order chi connectivity index (χ1) is 13.8. The van der Waals surface area contributed by atoms with E-state index in [2.05, 4.69) is 20.2 Å². The maximum Gasteiger partial charge on any atom is 0.275 e. The summed E-state index contributed by atoms with van der Waals surface area (Å²) in [5, 5.41) is 3.90. The van der Waals surface area contributed by atoms with Crippen LogP contribution < -0.4 is 10.2 Å². The van der Waals surface area contributed by atoms with Gasteiger partial charge in [0, 0.05) is 18.8 Å². The Kier molecular flexibility index (Phi) is 4.34. The zero-order chi connectivity index (χ0) is 18.9. The van der Waals surface area contributed by atoms with Crippen molar-refractivity contribution in [2.24, 2.45) is 0 Å². The molecule has 8 heteroatoms. The smallest absolute Gasteiger partial charge is 0.275 e. The van der Waals surface area contributed by atoms with E-state index >= 15 is 0 Å². The highest BCUT2D eigenvalue weighted by Gasteiger charge is 2.16. The zero-order valence-electron chi connectivity index (χ0n) is 15.0. The normalized spacial score (nSPS) is 14.5. The molecule has 1 aliphatic heterocycles. The molecular weight excluding hydrogens is 374 g/mol. The second-order valence-corrected chi connectivity index (χ2v) is 7.49. The summed E-state index contributed by atoms with van der Waals surface area (Å²) in [7, 11) is 0. The van der Waals surface area contributed by atoms with E-state index in [0.29, 0.717) is 11.2 Å². The van der Waals surface area contributed by atoms with Crippen molar-refractivity contribution in [3.63, 3.8) is 0 Å². The first-order valence-electron chi connectivity index (χ1n) is 9.03. The Bertz CT molecular complexity index is 1170. The molecule has 1 fully saturated rings. The number of carbonyl (C=O) groups is 1. The molecule has 1 aliphatic rings. The van der Waals surface area contributed by atoms with Crippen LogP contribution in [0.4, 0.5) is 10.8 Å². The van der Waals surface area contributed by atoms with Gasteiger partial charge in [-0.1, -0.05) is 23.5 Å². The third-order valence-electron chi connectivity index (χ3n) is 4.60. The minimum atomic E-state index is -0.282. The van der Waals surface area contributed by atoms with E-state index in [4.69, 9.17) is 9.72 Å². The molecule has 0 radical (unpaired) electrons. The average Bonchev–Trinajstić information content (AvgIpc) is 3.17. The van der Waals surface area contributed by atoms with Crippen LogP contribution >= 0.6 is 11.3 Å². The molecule has 0 aliphatic carbocycles. The molecule has 7 nitrogen and oxygen atoms in total. The Morgan fingerprint density at radius 3 is 2.71 bits per heavy atom. The van der Waals surface area contributed by atoms with Gasteiger partial charge in [0.15, 0.2) is 5.13 Å². The quantitative estimate of drug-likeness (QED) is 0.577. The van der Waals surface area contributed by atoms with Crippen LogP contribution in [0.25, 0.3) is 21.3 Å². The molecule has 1 N–H and O–H groups in total. The van der Waals surface area contributed by atoms with E-state index in [1.165, 1.54) is 6.20 Å². The number of nitrogens with zero attached hydrogens (tertiary/aromatic N) is 4. The van der Waals surface area contributed by atoms with Crippen molar-refractivity contribution < 1.29 is 9.53 Å². The lowest BCUT2D eigenvalue weighted by Gasteiger charge is -2.25. The van der Waals surface area contributed by atoms with Crippen LogP contribution in [0.3, 0.4) is 0 Å². The fourth-order valence-electron chi connectivity index (χ4n) is 3.14. The molecule has 0 atom stereocenters. The number of morpholine rings is 1. The molecule has 1 amide bonds. The number of hydrogen-bond donors (Lipinski definition) is 1. The minimum absolute atomic E-state index is 0.282. The molecule has 28 heavy (non-hydrogen) atoms. The summed E-state index contributed by atoms with van der Waals surface area (Å²) in [6, 6.07) is 13.2. The minimum Gasteiger partial charge on any atom is -0.378 e. The molecule has 0 bridgehead atoms. The molecule has 140 valence electrons. The molecule has 0 spiro atoms. The Hall–Kier alpha value is -3.10. The SMILES string of the molecule is O=C(Nc1ccc2nc(N3CCOCC3)sc2c1)c1cnc2ccccc2n1. The first kappa shape index (κ1) is 17.0. The van der Waals surface area contributed by atoms with Crippen molar-refractivity contribution >= 4 is 49.3 Å².